The summed E-state index contributed by atoms with van der Waals surface area (Å²) in [4.78, 5) is 16.6. The van der Waals surface area contributed by atoms with Gasteiger partial charge in [-0.1, -0.05) is 12.1 Å². The van der Waals surface area contributed by atoms with Crippen LogP contribution in [0.1, 0.15) is 21.6 Å². The first-order valence-electron chi connectivity index (χ1n) is 6.96. The Morgan fingerprint density at radius 1 is 1.26 bits per heavy atom. The molecule has 6 nitrogen and oxygen atoms in total. The molecule has 0 aliphatic heterocycles. The van der Waals surface area contributed by atoms with Crippen molar-refractivity contribution in [1.29, 1.82) is 5.26 Å². The van der Waals surface area contributed by atoms with Crippen molar-refractivity contribution >= 4 is 11.6 Å². The molecule has 0 aliphatic carbocycles. The molecule has 3 rings (SSSR count). The standard InChI is InChI=1S/C17H13N5O/c1-12-15(11-20-22(12)16-7-2-3-8-19-16)17(23)21-14-6-4-5-13(9-14)10-18/h2-9,11H,1H3,(H,21,23). The van der Waals surface area contributed by atoms with Crippen molar-refractivity contribution in [1.82, 2.24) is 14.8 Å². The van der Waals surface area contributed by atoms with E-state index in [-0.39, 0.29) is 5.91 Å². The fourth-order valence-corrected chi connectivity index (χ4v) is 2.21. The summed E-state index contributed by atoms with van der Waals surface area (Å²) in [6, 6.07) is 14.3. The fraction of sp³-hybridized carbons (Fsp3) is 0.0588. The van der Waals surface area contributed by atoms with Crippen LogP contribution in [0.2, 0.25) is 0 Å². The minimum absolute atomic E-state index is 0.278. The van der Waals surface area contributed by atoms with Crippen molar-refractivity contribution in [2.45, 2.75) is 6.92 Å². The highest BCUT2D eigenvalue weighted by molar-refractivity contribution is 6.05. The van der Waals surface area contributed by atoms with Gasteiger partial charge < -0.3 is 5.32 Å². The Balaban J connectivity index is 1.86. The highest BCUT2D eigenvalue weighted by Gasteiger charge is 2.15. The van der Waals surface area contributed by atoms with E-state index in [1.807, 2.05) is 31.2 Å². The Morgan fingerprint density at radius 2 is 2.13 bits per heavy atom. The third-order valence-electron chi connectivity index (χ3n) is 3.37. The number of aromatic nitrogens is 3. The molecule has 0 unspecified atom stereocenters. The van der Waals surface area contributed by atoms with E-state index >= 15 is 0 Å². The topological polar surface area (TPSA) is 83.6 Å². The zero-order valence-electron chi connectivity index (χ0n) is 12.4. The predicted molar refractivity (Wildman–Crippen MR) is 85.2 cm³/mol. The molecule has 23 heavy (non-hydrogen) atoms. The molecule has 6 heteroatoms. The van der Waals surface area contributed by atoms with E-state index in [2.05, 4.69) is 15.4 Å². The number of nitriles is 1. The lowest BCUT2D eigenvalue weighted by atomic mass is 10.2. The zero-order valence-corrected chi connectivity index (χ0v) is 12.4. The van der Waals surface area contributed by atoms with Gasteiger partial charge >= 0.3 is 0 Å². The lowest BCUT2D eigenvalue weighted by molar-refractivity contribution is 0.102. The van der Waals surface area contributed by atoms with E-state index in [1.54, 1.807) is 35.1 Å². The highest BCUT2D eigenvalue weighted by atomic mass is 16.1. The number of pyridine rings is 1. The molecule has 112 valence electrons. The van der Waals surface area contributed by atoms with Gasteiger partial charge in [0.25, 0.3) is 5.91 Å². The molecule has 0 atom stereocenters. The van der Waals surface area contributed by atoms with Crippen LogP contribution < -0.4 is 5.32 Å². The maximum atomic E-state index is 12.4. The Morgan fingerprint density at radius 3 is 2.87 bits per heavy atom. The molecular formula is C17H13N5O. The molecule has 0 radical (unpaired) electrons. The average Bonchev–Trinajstić information content (AvgIpc) is 2.97. The third-order valence-corrected chi connectivity index (χ3v) is 3.37. The van der Waals surface area contributed by atoms with E-state index in [9.17, 15) is 4.79 Å². The number of nitrogens with one attached hydrogen (secondary N) is 1. The van der Waals surface area contributed by atoms with Crippen LogP contribution in [0.4, 0.5) is 5.69 Å². The van der Waals surface area contributed by atoms with Crippen LogP contribution in [0.5, 0.6) is 0 Å². The zero-order chi connectivity index (χ0) is 16.2. The number of rotatable bonds is 3. The van der Waals surface area contributed by atoms with E-state index in [4.69, 9.17) is 5.26 Å². The molecule has 1 amide bonds. The Labute approximate surface area is 133 Å². The van der Waals surface area contributed by atoms with Gasteiger partial charge in [0.2, 0.25) is 0 Å². The number of nitrogens with zero attached hydrogens (tertiary/aromatic N) is 4. The van der Waals surface area contributed by atoms with Crippen LogP contribution in [-0.2, 0) is 0 Å². The van der Waals surface area contributed by atoms with Gasteiger partial charge in [-0.15, -0.1) is 0 Å². The summed E-state index contributed by atoms with van der Waals surface area (Å²) < 4.78 is 1.61. The second-order valence-electron chi connectivity index (χ2n) is 4.89. The Bertz CT molecular complexity index is 893. The number of amides is 1. The normalized spacial score (nSPS) is 10.1. The highest BCUT2D eigenvalue weighted by Crippen LogP contribution is 2.15. The fourth-order valence-electron chi connectivity index (χ4n) is 2.21. The molecular weight excluding hydrogens is 290 g/mol. The summed E-state index contributed by atoms with van der Waals surface area (Å²) >= 11 is 0. The van der Waals surface area contributed by atoms with E-state index in [0.717, 1.165) is 0 Å². The number of carbonyl (C=O) groups is 1. The number of benzene rings is 1. The van der Waals surface area contributed by atoms with Crippen LogP contribution in [0.25, 0.3) is 5.82 Å². The van der Waals surface area contributed by atoms with Gasteiger partial charge in [-0.2, -0.15) is 10.4 Å². The van der Waals surface area contributed by atoms with Crippen LogP contribution >= 0.6 is 0 Å². The molecule has 3 aromatic rings. The largest absolute Gasteiger partial charge is 0.322 e. The molecule has 2 aromatic heterocycles. The Hall–Kier alpha value is -3.46. The second kappa shape index (κ2) is 6.12. The molecule has 1 N–H and O–H groups in total. The predicted octanol–water partition coefficient (Wildman–Crippen LogP) is 2.70. The summed E-state index contributed by atoms with van der Waals surface area (Å²) in [7, 11) is 0. The first kappa shape index (κ1) is 14.5. The van der Waals surface area contributed by atoms with Crippen molar-refractivity contribution in [2.24, 2.45) is 0 Å². The number of hydrogen-bond acceptors (Lipinski definition) is 4. The van der Waals surface area contributed by atoms with Crippen LogP contribution in [0, 0.1) is 18.3 Å². The lowest BCUT2D eigenvalue weighted by Crippen LogP contribution is -2.13. The molecule has 2 heterocycles. The van der Waals surface area contributed by atoms with Gasteiger partial charge in [0.05, 0.1) is 29.1 Å². The number of anilines is 1. The minimum atomic E-state index is -0.278. The van der Waals surface area contributed by atoms with Gasteiger partial charge in [0.15, 0.2) is 5.82 Å². The van der Waals surface area contributed by atoms with Gasteiger partial charge in [0, 0.05) is 11.9 Å². The van der Waals surface area contributed by atoms with E-state index in [1.165, 1.54) is 6.20 Å². The van der Waals surface area contributed by atoms with Crippen LogP contribution in [0.3, 0.4) is 0 Å². The first-order chi connectivity index (χ1) is 11.2. The maximum Gasteiger partial charge on any atom is 0.259 e. The molecule has 0 saturated heterocycles. The van der Waals surface area contributed by atoms with Crippen LogP contribution in [-0.4, -0.2) is 20.7 Å². The summed E-state index contributed by atoms with van der Waals surface area (Å²) in [5.41, 5.74) is 2.21. The number of hydrogen-bond donors (Lipinski definition) is 1. The van der Waals surface area contributed by atoms with Crippen molar-refractivity contribution < 1.29 is 4.79 Å². The smallest absolute Gasteiger partial charge is 0.259 e. The Kier molecular flexibility index (Phi) is 3.85. The second-order valence-corrected chi connectivity index (χ2v) is 4.89. The van der Waals surface area contributed by atoms with Gasteiger partial charge in [-0.25, -0.2) is 9.67 Å². The summed E-state index contributed by atoms with van der Waals surface area (Å²) in [5, 5.41) is 15.9. The van der Waals surface area contributed by atoms with Crippen molar-refractivity contribution in [3.63, 3.8) is 0 Å². The quantitative estimate of drug-likeness (QED) is 0.806. The molecule has 0 bridgehead atoms. The SMILES string of the molecule is Cc1c(C(=O)Nc2cccc(C#N)c2)cnn1-c1ccccn1. The van der Waals surface area contributed by atoms with Gasteiger partial charge in [0.1, 0.15) is 0 Å². The minimum Gasteiger partial charge on any atom is -0.322 e. The summed E-state index contributed by atoms with van der Waals surface area (Å²) in [5.74, 6) is 0.371. The summed E-state index contributed by atoms with van der Waals surface area (Å²) in [6.07, 6.45) is 3.18. The first-order valence-corrected chi connectivity index (χ1v) is 6.96. The maximum absolute atomic E-state index is 12.4. The van der Waals surface area contributed by atoms with Crippen molar-refractivity contribution in [3.8, 4) is 11.9 Å². The summed E-state index contributed by atoms with van der Waals surface area (Å²) in [6.45, 7) is 1.81. The molecule has 0 fully saturated rings. The van der Waals surface area contributed by atoms with Crippen molar-refractivity contribution in [3.05, 3.63) is 71.7 Å². The van der Waals surface area contributed by atoms with Crippen LogP contribution in [0.15, 0.2) is 54.9 Å². The lowest BCUT2D eigenvalue weighted by Gasteiger charge is -2.06. The van der Waals surface area contributed by atoms with E-state index < -0.39 is 0 Å². The number of carbonyl (C=O) groups excluding carboxylic acids is 1. The van der Waals surface area contributed by atoms with Gasteiger partial charge in [-0.05, 0) is 37.3 Å². The molecule has 0 spiro atoms. The van der Waals surface area contributed by atoms with Gasteiger partial charge in [-0.3, -0.25) is 4.79 Å². The molecule has 1 aromatic carbocycles. The van der Waals surface area contributed by atoms with Crippen molar-refractivity contribution in [2.75, 3.05) is 5.32 Å². The molecule has 0 aliphatic rings. The third kappa shape index (κ3) is 2.94. The average molecular weight is 303 g/mol. The monoisotopic (exact) mass is 303 g/mol. The van der Waals surface area contributed by atoms with E-state index in [0.29, 0.717) is 28.3 Å². The molecule has 0 saturated carbocycles.